The van der Waals surface area contributed by atoms with Crippen LogP contribution in [0.15, 0.2) is 36.5 Å². The van der Waals surface area contributed by atoms with Crippen molar-refractivity contribution in [1.29, 1.82) is 5.26 Å². The molecule has 1 heterocycles. The molecule has 0 spiro atoms. The Balaban J connectivity index is 2.18. The van der Waals surface area contributed by atoms with Crippen LogP contribution >= 0.6 is 0 Å². The van der Waals surface area contributed by atoms with Crippen LogP contribution in [0.25, 0.3) is 0 Å². The Bertz CT molecular complexity index is 707. The number of nitriles is 1. The minimum absolute atomic E-state index is 0.0433. The lowest BCUT2D eigenvalue weighted by Crippen LogP contribution is -2.05. The second kappa shape index (κ2) is 6.48. The first kappa shape index (κ1) is 14.5. The molecule has 2 aromatic rings. The fourth-order valence-electron chi connectivity index (χ4n) is 2.03. The summed E-state index contributed by atoms with van der Waals surface area (Å²) in [4.78, 5) is 14.5. The van der Waals surface area contributed by atoms with E-state index in [0.717, 1.165) is 17.7 Å². The Labute approximate surface area is 122 Å². The lowest BCUT2D eigenvalue weighted by molar-refractivity contribution is -0.385. The number of pyridine rings is 1. The number of nitro benzene ring substituents is 1. The van der Waals surface area contributed by atoms with Gasteiger partial charge in [0.25, 0.3) is 5.69 Å². The van der Waals surface area contributed by atoms with Gasteiger partial charge in [0.1, 0.15) is 11.6 Å². The zero-order chi connectivity index (χ0) is 15.2. The molecule has 21 heavy (non-hydrogen) atoms. The quantitative estimate of drug-likeness (QED) is 0.672. The molecular formula is C15H14N4O2. The average Bonchev–Trinajstić information content (AvgIpc) is 2.52. The Hall–Kier alpha value is -2.94. The zero-order valence-electron chi connectivity index (χ0n) is 11.5. The Morgan fingerprint density at radius 1 is 1.43 bits per heavy atom. The van der Waals surface area contributed by atoms with Gasteiger partial charge in [0.15, 0.2) is 0 Å². The Morgan fingerprint density at radius 2 is 2.24 bits per heavy atom. The summed E-state index contributed by atoms with van der Waals surface area (Å²) in [6.07, 6.45) is 2.61. The van der Waals surface area contributed by atoms with Gasteiger partial charge < -0.3 is 5.32 Å². The van der Waals surface area contributed by atoms with Crippen molar-refractivity contribution in [1.82, 2.24) is 4.98 Å². The minimum atomic E-state index is -0.559. The molecule has 6 heteroatoms. The molecular weight excluding hydrogens is 268 g/mol. The highest BCUT2D eigenvalue weighted by atomic mass is 16.6. The molecule has 6 nitrogen and oxygen atoms in total. The van der Waals surface area contributed by atoms with Gasteiger partial charge in [-0.25, -0.2) is 0 Å². The molecule has 0 unspecified atom stereocenters. The fraction of sp³-hybridized carbons (Fsp3) is 0.200. The molecule has 0 radical (unpaired) electrons. The number of hydrogen-bond acceptors (Lipinski definition) is 5. The highest BCUT2D eigenvalue weighted by Crippen LogP contribution is 2.22. The van der Waals surface area contributed by atoms with Gasteiger partial charge in [-0.15, -0.1) is 0 Å². The maximum atomic E-state index is 10.8. The summed E-state index contributed by atoms with van der Waals surface area (Å²) < 4.78 is 0. The van der Waals surface area contributed by atoms with E-state index in [0.29, 0.717) is 12.2 Å². The van der Waals surface area contributed by atoms with Crippen molar-refractivity contribution in [2.45, 2.75) is 19.9 Å². The van der Waals surface area contributed by atoms with Crippen LogP contribution < -0.4 is 5.32 Å². The van der Waals surface area contributed by atoms with Crippen molar-refractivity contribution in [2.75, 3.05) is 5.32 Å². The van der Waals surface area contributed by atoms with Crippen LogP contribution in [0.4, 0.5) is 11.4 Å². The molecule has 0 saturated heterocycles. The standard InChI is InChI=1S/C15H14N4O2/c1-2-11-4-3-7-17-14(11)10-18-13-5-6-15(19(20)21)12(8-13)9-16/h3-8,18H,2,10H2,1H3. The first-order chi connectivity index (χ1) is 10.2. The molecule has 0 fully saturated rings. The molecule has 0 aliphatic rings. The summed E-state index contributed by atoms with van der Waals surface area (Å²) in [6.45, 7) is 2.56. The van der Waals surface area contributed by atoms with Crippen molar-refractivity contribution in [3.05, 3.63) is 63.5 Å². The predicted octanol–water partition coefficient (Wildman–Crippen LogP) is 3.04. The number of nitro groups is 1. The smallest absolute Gasteiger partial charge is 0.287 e. The van der Waals surface area contributed by atoms with Gasteiger partial charge in [0.2, 0.25) is 0 Å². The second-order valence-corrected chi connectivity index (χ2v) is 4.42. The van der Waals surface area contributed by atoms with Crippen LogP contribution in [-0.4, -0.2) is 9.91 Å². The van der Waals surface area contributed by atoms with Crippen LogP contribution in [0.2, 0.25) is 0 Å². The summed E-state index contributed by atoms with van der Waals surface area (Å²) in [5.41, 5.74) is 2.59. The maximum absolute atomic E-state index is 10.8. The van der Waals surface area contributed by atoms with E-state index >= 15 is 0 Å². The number of nitrogens with one attached hydrogen (secondary N) is 1. The van der Waals surface area contributed by atoms with Gasteiger partial charge >= 0.3 is 0 Å². The summed E-state index contributed by atoms with van der Waals surface area (Å²) in [5, 5.41) is 22.9. The molecule has 106 valence electrons. The summed E-state index contributed by atoms with van der Waals surface area (Å²) >= 11 is 0. The third-order valence-electron chi connectivity index (χ3n) is 3.14. The van der Waals surface area contributed by atoms with Gasteiger partial charge in [0.05, 0.1) is 17.2 Å². The van der Waals surface area contributed by atoms with Gasteiger partial charge in [-0.1, -0.05) is 13.0 Å². The Kier molecular flexibility index (Phi) is 4.46. The number of nitrogens with zero attached hydrogens (tertiary/aromatic N) is 3. The van der Waals surface area contributed by atoms with Gasteiger partial charge in [0, 0.05) is 18.0 Å². The Morgan fingerprint density at radius 3 is 2.90 bits per heavy atom. The summed E-state index contributed by atoms with van der Waals surface area (Å²) in [5.74, 6) is 0. The number of hydrogen-bond donors (Lipinski definition) is 1. The van der Waals surface area contributed by atoms with E-state index in [1.54, 1.807) is 12.3 Å². The highest BCUT2D eigenvalue weighted by Gasteiger charge is 2.13. The summed E-state index contributed by atoms with van der Waals surface area (Å²) in [7, 11) is 0. The molecule has 1 aromatic heterocycles. The van der Waals surface area contributed by atoms with E-state index in [1.165, 1.54) is 12.1 Å². The van der Waals surface area contributed by atoms with Gasteiger partial charge in [-0.3, -0.25) is 15.1 Å². The largest absolute Gasteiger partial charge is 0.379 e. The monoisotopic (exact) mass is 282 g/mol. The van der Waals surface area contributed by atoms with Crippen LogP contribution in [-0.2, 0) is 13.0 Å². The fourth-order valence-corrected chi connectivity index (χ4v) is 2.03. The normalized spacial score (nSPS) is 9.90. The molecule has 2 rings (SSSR count). The van der Waals surface area contributed by atoms with E-state index in [4.69, 9.17) is 5.26 Å². The van der Waals surface area contributed by atoms with E-state index in [9.17, 15) is 10.1 Å². The highest BCUT2D eigenvalue weighted by molar-refractivity contribution is 5.58. The lowest BCUT2D eigenvalue weighted by atomic mass is 10.1. The number of anilines is 1. The number of rotatable bonds is 5. The number of aromatic nitrogens is 1. The molecule has 0 bridgehead atoms. The van der Waals surface area contributed by atoms with E-state index < -0.39 is 4.92 Å². The van der Waals surface area contributed by atoms with Crippen molar-refractivity contribution in [2.24, 2.45) is 0 Å². The van der Waals surface area contributed by atoms with Crippen LogP contribution in [0.3, 0.4) is 0 Å². The van der Waals surface area contributed by atoms with Crippen LogP contribution in [0, 0.1) is 21.4 Å². The van der Waals surface area contributed by atoms with Crippen LogP contribution in [0.1, 0.15) is 23.7 Å². The molecule has 0 aliphatic carbocycles. The van der Waals surface area contributed by atoms with Crippen LogP contribution in [0.5, 0.6) is 0 Å². The molecule has 0 saturated carbocycles. The molecule has 1 N–H and O–H groups in total. The summed E-state index contributed by atoms with van der Waals surface area (Å²) in [6, 6.07) is 10.1. The first-order valence-electron chi connectivity index (χ1n) is 6.51. The van der Waals surface area contributed by atoms with Gasteiger partial charge in [-0.05, 0) is 30.2 Å². The third kappa shape index (κ3) is 3.34. The van der Waals surface area contributed by atoms with Crippen molar-refractivity contribution in [3.63, 3.8) is 0 Å². The molecule has 1 aromatic carbocycles. The average molecular weight is 282 g/mol. The third-order valence-corrected chi connectivity index (χ3v) is 3.14. The molecule has 0 atom stereocenters. The lowest BCUT2D eigenvalue weighted by Gasteiger charge is -2.09. The maximum Gasteiger partial charge on any atom is 0.287 e. The SMILES string of the molecule is CCc1cccnc1CNc1ccc([N+](=O)[O-])c(C#N)c1. The molecule has 0 aliphatic heterocycles. The van der Waals surface area contributed by atoms with Gasteiger partial charge in [-0.2, -0.15) is 5.26 Å². The number of aryl methyl sites for hydroxylation is 1. The van der Waals surface area contributed by atoms with Crippen molar-refractivity contribution in [3.8, 4) is 6.07 Å². The minimum Gasteiger partial charge on any atom is -0.379 e. The predicted molar refractivity (Wildman–Crippen MR) is 78.8 cm³/mol. The van der Waals surface area contributed by atoms with E-state index in [2.05, 4.69) is 17.2 Å². The second-order valence-electron chi connectivity index (χ2n) is 4.42. The first-order valence-corrected chi connectivity index (χ1v) is 6.51. The van der Waals surface area contributed by atoms with Crippen molar-refractivity contribution < 1.29 is 4.92 Å². The molecule has 0 amide bonds. The van der Waals surface area contributed by atoms with E-state index in [1.807, 2.05) is 18.2 Å². The topological polar surface area (TPSA) is 91.8 Å². The zero-order valence-corrected chi connectivity index (χ0v) is 11.5. The van der Waals surface area contributed by atoms with E-state index in [-0.39, 0.29) is 11.3 Å². The number of benzene rings is 1. The van der Waals surface area contributed by atoms with Crippen molar-refractivity contribution >= 4 is 11.4 Å².